The smallest absolute Gasteiger partial charge is 0.122 e. The van der Waals surface area contributed by atoms with Crippen molar-refractivity contribution >= 4 is 17.1 Å². The van der Waals surface area contributed by atoms with Gasteiger partial charge in [-0.1, -0.05) is 18.2 Å². The van der Waals surface area contributed by atoms with Crippen LogP contribution in [0.2, 0.25) is 0 Å². The summed E-state index contributed by atoms with van der Waals surface area (Å²) < 4.78 is 10.4. The number of benzene rings is 2. The van der Waals surface area contributed by atoms with E-state index in [4.69, 9.17) is 15.2 Å². The molecule has 0 heterocycles. The van der Waals surface area contributed by atoms with Gasteiger partial charge in [0.15, 0.2) is 0 Å². The summed E-state index contributed by atoms with van der Waals surface area (Å²) in [6.45, 7) is 0.693. The second kappa shape index (κ2) is 6.82. The fourth-order valence-electron chi connectivity index (χ4n) is 2.04. The van der Waals surface area contributed by atoms with Crippen LogP contribution in [0.25, 0.3) is 0 Å². The van der Waals surface area contributed by atoms with E-state index in [-0.39, 0.29) is 0 Å². The Morgan fingerprint density at radius 3 is 2.65 bits per heavy atom. The number of methoxy groups -OCH3 is 2. The molecule has 0 aliphatic rings. The molecule has 20 heavy (non-hydrogen) atoms. The molecule has 0 saturated carbocycles. The maximum absolute atomic E-state index is 5.87. The Morgan fingerprint density at radius 2 is 1.90 bits per heavy atom. The molecule has 0 aromatic heterocycles. The molecule has 4 nitrogen and oxygen atoms in total. The molecule has 0 unspecified atom stereocenters. The van der Waals surface area contributed by atoms with Crippen LogP contribution >= 0.6 is 0 Å². The van der Waals surface area contributed by atoms with Crippen molar-refractivity contribution in [2.75, 3.05) is 31.9 Å². The van der Waals surface area contributed by atoms with E-state index in [1.165, 1.54) is 5.56 Å². The molecule has 0 aliphatic heterocycles. The third-order valence-corrected chi connectivity index (χ3v) is 3.04. The van der Waals surface area contributed by atoms with Gasteiger partial charge in [0.05, 0.1) is 13.7 Å². The molecular weight excluding hydrogens is 252 g/mol. The molecule has 0 radical (unpaired) electrons. The Bertz CT molecular complexity index is 570. The van der Waals surface area contributed by atoms with E-state index >= 15 is 0 Å². The largest absolute Gasteiger partial charge is 0.497 e. The van der Waals surface area contributed by atoms with Crippen LogP contribution in [0.15, 0.2) is 42.5 Å². The summed E-state index contributed by atoms with van der Waals surface area (Å²) in [5.74, 6) is 0.738. The molecule has 0 fully saturated rings. The molecule has 4 heteroatoms. The third-order valence-electron chi connectivity index (χ3n) is 3.04. The molecule has 3 N–H and O–H groups in total. The van der Waals surface area contributed by atoms with Gasteiger partial charge < -0.3 is 20.5 Å². The Kier molecular flexibility index (Phi) is 4.85. The van der Waals surface area contributed by atoms with Crippen molar-refractivity contribution in [3.63, 3.8) is 0 Å². The monoisotopic (exact) mass is 272 g/mol. The van der Waals surface area contributed by atoms with Crippen molar-refractivity contribution in [1.82, 2.24) is 0 Å². The summed E-state index contributed by atoms with van der Waals surface area (Å²) in [7, 11) is 3.34. The predicted octanol–water partition coefficient (Wildman–Crippen LogP) is 3.21. The van der Waals surface area contributed by atoms with Crippen molar-refractivity contribution in [3.05, 3.63) is 48.0 Å². The number of ether oxygens (including phenoxy) is 2. The number of nitrogen functional groups attached to an aromatic ring is 1. The lowest BCUT2D eigenvalue weighted by molar-refractivity contribution is 0.202. The lowest BCUT2D eigenvalue weighted by atomic mass is 10.1. The Labute approximate surface area is 119 Å². The standard InChI is InChI=1S/C16H20N2O2/c1-19-8-7-12-5-3-4-6-16(12)18-14-9-13(17)10-15(11-14)20-2/h3-6,9-11,18H,7-8,17H2,1-2H3. The van der Waals surface area contributed by atoms with Gasteiger partial charge in [0.25, 0.3) is 0 Å². The first-order valence-electron chi connectivity index (χ1n) is 6.51. The molecule has 0 aliphatic carbocycles. The Morgan fingerprint density at radius 1 is 1.10 bits per heavy atom. The minimum absolute atomic E-state index is 0.668. The summed E-state index contributed by atoms with van der Waals surface area (Å²) in [5.41, 5.74) is 9.70. The van der Waals surface area contributed by atoms with E-state index in [2.05, 4.69) is 11.4 Å². The number of para-hydroxylation sites is 1. The molecule has 2 aromatic rings. The zero-order valence-corrected chi connectivity index (χ0v) is 11.8. The van der Waals surface area contributed by atoms with Gasteiger partial charge in [-0.15, -0.1) is 0 Å². The Balaban J connectivity index is 2.23. The Hall–Kier alpha value is -2.20. The molecule has 0 atom stereocenters. The van der Waals surface area contributed by atoms with Crippen LogP contribution in [-0.4, -0.2) is 20.8 Å². The van der Waals surface area contributed by atoms with Gasteiger partial charge in [-0.05, 0) is 24.1 Å². The number of anilines is 3. The van der Waals surface area contributed by atoms with Gasteiger partial charge in [-0.2, -0.15) is 0 Å². The molecule has 2 aromatic carbocycles. The van der Waals surface area contributed by atoms with Crippen molar-refractivity contribution in [2.24, 2.45) is 0 Å². The molecule has 2 rings (SSSR count). The topological polar surface area (TPSA) is 56.5 Å². The van der Waals surface area contributed by atoms with E-state index in [0.29, 0.717) is 12.3 Å². The number of rotatable bonds is 6. The fourth-order valence-corrected chi connectivity index (χ4v) is 2.04. The van der Waals surface area contributed by atoms with Gasteiger partial charge >= 0.3 is 0 Å². The van der Waals surface area contributed by atoms with E-state index in [0.717, 1.165) is 23.5 Å². The second-order valence-electron chi connectivity index (χ2n) is 4.52. The zero-order chi connectivity index (χ0) is 14.4. The quantitative estimate of drug-likeness (QED) is 0.793. The van der Waals surface area contributed by atoms with Gasteiger partial charge in [0, 0.05) is 36.3 Å². The van der Waals surface area contributed by atoms with Gasteiger partial charge in [-0.3, -0.25) is 0 Å². The SMILES string of the molecule is COCCc1ccccc1Nc1cc(N)cc(OC)c1. The van der Waals surface area contributed by atoms with Crippen molar-refractivity contribution in [2.45, 2.75) is 6.42 Å². The van der Waals surface area contributed by atoms with Gasteiger partial charge in [-0.25, -0.2) is 0 Å². The third kappa shape index (κ3) is 3.65. The molecule has 0 spiro atoms. The second-order valence-corrected chi connectivity index (χ2v) is 4.52. The first kappa shape index (κ1) is 14.2. The number of nitrogens with two attached hydrogens (primary N) is 1. The molecule has 0 amide bonds. The van der Waals surface area contributed by atoms with E-state index in [1.807, 2.05) is 30.3 Å². The fraction of sp³-hybridized carbons (Fsp3) is 0.250. The first-order valence-corrected chi connectivity index (χ1v) is 6.51. The van der Waals surface area contributed by atoms with Gasteiger partial charge in [0.2, 0.25) is 0 Å². The highest BCUT2D eigenvalue weighted by Crippen LogP contribution is 2.27. The average Bonchev–Trinajstić information content (AvgIpc) is 2.45. The first-order chi connectivity index (χ1) is 9.72. The summed E-state index contributed by atoms with van der Waals surface area (Å²) in [6.07, 6.45) is 0.860. The summed E-state index contributed by atoms with van der Waals surface area (Å²) in [6, 6.07) is 13.8. The minimum atomic E-state index is 0.668. The highest BCUT2D eigenvalue weighted by atomic mass is 16.5. The highest BCUT2D eigenvalue weighted by molar-refractivity contribution is 5.68. The van der Waals surface area contributed by atoms with Crippen molar-refractivity contribution in [3.8, 4) is 5.75 Å². The zero-order valence-electron chi connectivity index (χ0n) is 11.8. The van der Waals surface area contributed by atoms with Crippen LogP contribution in [0.5, 0.6) is 5.75 Å². The summed E-state index contributed by atoms with van der Waals surface area (Å²) in [4.78, 5) is 0. The molecule has 106 valence electrons. The maximum Gasteiger partial charge on any atom is 0.122 e. The van der Waals surface area contributed by atoms with Crippen LogP contribution in [-0.2, 0) is 11.2 Å². The van der Waals surface area contributed by atoms with E-state index in [9.17, 15) is 0 Å². The normalized spacial score (nSPS) is 10.3. The number of hydrogen-bond acceptors (Lipinski definition) is 4. The molecular formula is C16H20N2O2. The van der Waals surface area contributed by atoms with Crippen LogP contribution in [0, 0.1) is 0 Å². The number of hydrogen-bond donors (Lipinski definition) is 2. The van der Waals surface area contributed by atoms with E-state index < -0.39 is 0 Å². The van der Waals surface area contributed by atoms with Gasteiger partial charge in [0.1, 0.15) is 5.75 Å². The predicted molar refractivity (Wildman–Crippen MR) is 82.7 cm³/mol. The van der Waals surface area contributed by atoms with Crippen LogP contribution in [0.1, 0.15) is 5.56 Å². The maximum atomic E-state index is 5.87. The number of nitrogens with one attached hydrogen (secondary N) is 1. The lowest BCUT2D eigenvalue weighted by Crippen LogP contribution is -2.00. The van der Waals surface area contributed by atoms with Crippen molar-refractivity contribution in [1.29, 1.82) is 0 Å². The highest BCUT2D eigenvalue weighted by Gasteiger charge is 2.04. The molecule has 0 bridgehead atoms. The minimum Gasteiger partial charge on any atom is -0.497 e. The van der Waals surface area contributed by atoms with Crippen molar-refractivity contribution < 1.29 is 9.47 Å². The molecule has 0 saturated heterocycles. The average molecular weight is 272 g/mol. The van der Waals surface area contributed by atoms with Crippen LogP contribution in [0.3, 0.4) is 0 Å². The summed E-state index contributed by atoms with van der Waals surface area (Å²) >= 11 is 0. The lowest BCUT2D eigenvalue weighted by Gasteiger charge is -2.13. The summed E-state index contributed by atoms with van der Waals surface area (Å²) in [5, 5.41) is 3.38. The van der Waals surface area contributed by atoms with Crippen LogP contribution < -0.4 is 15.8 Å². The van der Waals surface area contributed by atoms with E-state index in [1.54, 1.807) is 20.3 Å². The van der Waals surface area contributed by atoms with Crippen LogP contribution in [0.4, 0.5) is 17.1 Å².